The van der Waals surface area contributed by atoms with Crippen LogP contribution in [0.5, 0.6) is 5.75 Å². The van der Waals surface area contributed by atoms with Crippen molar-refractivity contribution in [1.29, 1.82) is 0 Å². The SMILES string of the molecule is Clc1cc2c(c(CSc3ccc(Cl)nn3)c1)OCOC2. The minimum absolute atomic E-state index is 0.271. The Balaban J connectivity index is 1.80. The van der Waals surface area contributed by atoms with Crippen molar-refractivity contribution in [3.8, 4) is 5.75 Å². The van der Waals surface area contributed by atoms with E-state index in [1.54, 1.807) is 17.8 Å². The topological polar surface area (TPSA) is 44.2 Å². The standard InChI is InChI=1S/C13H10Cl2N2O2S/c14-10-3-8-5-18-7-19-13(8)9(4-10)6-20-12-2-1-11(15)16-17-12/h1-4H,5-7H2. The molecule has 0 atom stereocenters. The monoisotopic (exact) mass is 328 g/mol. The van der Waals surface area contributed by atoms with Crippen LogP contribution in [0.4, 0.5) is 0 Å². The van der Waals surface area contributed by atoms with Crippen LogP contribution in [0.3, 0.4) is 0 Å². The summed E-state index contributed by atoms with van der Waals surface area (Å²) in [6.45, 7) is 0.793. The molecule has 1 aliphatic heterocycles. The Morgan fingerprint density at radius 1 is 1.20 bits per heavy atom. The lowest BCUT2D eigenvalue weighted by atomic mass is 10.1. The van der Waals surface area contributed by atoms with Gasteiger partial charge in [0.2, 0.25) is 0 Å². The third kappa shape index (κ3) is 3.17. The second-order valence-corrected chi connectivity index (χ2v) is 5.97. The molecule has 0 aliphatic carbocycles. The molecule has 1 aromatic heterocycles. The molecule has 0 saturated carbocycles. The summed E-state index contributed by atoms with van der Waals surface area (Å²) in [7, 11) is 0. The maximum Gasteiger partial charge on any atom is 0.189 e. The van der Waals surface area contributed by atoms with Gasteiger partial charge in [0.25, 0.3) is 0 Å². The normalized spacial score (nSPS) is 13.7. The predicted octanol–water partition coefficient (Wildman–Crippen LogP) is 3.94. The van der Waals surface area contributed by atoms with Crippen molar-refractivity contribution in [3.63, 3.8) is 0 Å². The fourth-order valence-corrected chi connectivity index (χ4v) is 3.04. The highest BCUT2D eigenvalue weighted by atomic mass is 35.5. The number of nitrogens with zero attached hydrogens (tertiary/aromatic N) is 2. The van der Waals surface area contributed by atoms with Crippen molar-refractivity contribution in [2.24, 2.45) is 0 Å². The first kappa shape index (κ1) is 13.9. The molecule has 2 heterocycles. The fraction of sp³-hybridized carbons (Fsp3) is 0.231. The molecular formula is C13H10Cl2N2O2S. The minimum Gasteiger partial charge on any atom is -0.467 e. The van der Waals surface area contributed by atoms with Crippen molar-refractivity contribution in [2.75, 3.05) is 6.79 Å². The molecule has 7 heteroatoms. The second-order valence-electron chi connectivity index (χ2n) is 4.15. The van der Waals surface area contributed by atoms with Gasteiger partial charge in [0.05, 0.1) is 6.61 Å². The first-order valence-corrected chi connectivity index (χ1v) is 7.60. The van der Waals surface area contributed by atoms with E-state index < -0.39 is 0 Å². The van der Waals surface area contributed by atoms with Gasteiger partial charge in [-0.15, -0.1) is 10.2 Å². The van der Waals surface area contributed by atoms with Crippen LogP contribution in [-0.2, 0) is 17.1 Å². The van der Waals surface area contributed by atoms with E-state index in [4.69, 9.17) is 32.7 Å². The minimum atomic E-state index is 0.271. The van der Waals surface area contributed by atoms with Gasteiger partial charge in [0, 0.05) is 21.9 Å². The molecule has 0 unspecified atom stereocenters. The number of rotatable bonds is 3. The molecule has 20 heavy (non-hydrogen) atoms. The Kier molecular flexibility index (Phi) is 4.31. The highest BCUT2D eigenvalue weighted by molar-refractivity contribution is 7.98. The van der Waals surface area contributed by atoms with Crippen LogP contribution in [-0.4, -0.2) is 17.0 Å². The zero-order chi connectivity index (χ0) is 13.9. The van der Waals surface area contributed by atoms with Crippen LogP contribution in [0.1, 0.15) is 11.1 Å². The molecule has 0 N–H and O–H groups in total. The fourth-order valence-electron chi connectivity index (χ4n) is 1.90. The van der Waals surface area contributed by atoms with Crippen molar-refractivity contribution in [2.45, 2.75) is 17.4 Å². The van der Waals surface area contributed by atoms with Crippen molar-refractivity contribution < 1.29 is 9.47 Å². The van der Waals surface area contributed by atoms with E-state index in [1.807, 2.05) is 18.2 Å². The summed E-state index contributed by atoms with van der Waals surface area (Å²) in [4.78, 5) is 0. The average Bonchev–Trinajstić information content (AvgIpc) is 2.46. The smallest absolute Gasteiger partial charge is 0.189 e. The summed E-state index contributed by atoms with van der Waals surface area (Å²) in [5.74, 6) is 1.55. The van der Waals surface area contributed by atoms with Crippen LogP contribution >= 0.6 is 35.0 Å². The summed E-state index contributed by atoms with van der Waals surface area (Å²) in [5.41, 5.74) is 2.00. The van der Waals surface area contributed by atoms with Crippen LogP contribution in [0.2, 0.25) is 10.2 Å². The molecule has 1 aliphatic rings. The van der Waals surface area contributed by atoms with E-state index in [-0.39, 0.29) is 6.79 Å². The number of hydrogen-bond acceptors (Lipinski definition) is 5. The van der Waals surface area contributed by atoms with Crippen LogP contribution in [0.25, 0.3) is 0 Å². The summed E-state index contributed by atoms with van der Waals surface area (Å²) < 4.78 is 10.8. The third-order valence-electron chi connectivity index (χ3n) is 2.73. The van der Waals surface area contributed by atoms with E-state index in [0.717, 1.165) is 21.9 Å². The number of halogens is 2. The van der Waals surface area contributed by atoms with Crippen molar-refractivity contribution in [3.05, 3.63) is 45.6 Å². The summed E-state index contributed by atoms with van der Waals surface area (Å²) in [6, 6.07) is 7.32. The Morgan fingerprint density at radius 3 is 2.90 bits per heavy atom. The van der Waals surface area contributed by atoms with Gasteiger partial charge in [-0.3, -0.25) is 0 Å². The average molecular weight is 329 g/mol. The number of aromatic nitrogens is 2. The van der Waals surface area contributed by atoms with Gasteiger partial charge in [-0.2, -0.15) is 0 Å². The Hall–Kier alpha value is -1.01. The number of fused-ring (bicyclic) bond motifs is 1. The first-order valence-electron chi connectivity index (χ1n) is 5.86. The Morgan fingerprint density at radius 2 is 2.10 bits per heavy atom. The number of benzene rings is 1. The van der Waals surface area contributed by atoms with E-state index >= 15 is 0 Å². The summed E-state index contributed by atoms with van der Waals surface area (Å²) in [6.07, 6.45) is 0. The van der Waals surface area contributed by atoms with Gasteiger partial charge in [-0.05, 0) is 24.3 Å². The number of thioether (sulfide) groups is 1. The van der Waals surface area contributed by atoms with E-state index in [9.17, 15) is 0 Å². The molecule has 0 saturated heterocycles. The molecule has 4 nitrogen and oxygen atoms in total. The molecule has 1 aromatic carbocycles. The van der Waals surface area contributed by atoms with Gasteiger partial charge < -0.3 is 9.47 Å². The van der Waals surface area contributed by atoms with Crippen molar-refractivity contribution >= 4 is 35.0 Å². The van der Waals surface area contributed by atoms with Gasteiger partial charge >= 0.3 is 0 Å². The molecule has 0 amide bonds. The first-order chi connectivity index (χ1) is 9.72. The van der Waals surface area contributed by atoms with Crippen LogP contribution in [0, 0.1) is 0 Å². The molecule has 0 bridgehead atoms. The molecule has 0 spiro atoms. The number of hydrogen-bond donors (Lipinski definition) is 0. The molecular weight excluding hydrogens is 319 g/mol. The second kappa shape index (κ2) is 6.18. The maximum atomic E-state index is 6.12. The predicted molar refractivity (Wildman–Crippen MR) is 78.3 cm³/mol. The third-order valence-corrected chi connectivity index (χ3v) is 4.12. The Labute approximate surface area is 130 Å². The summed E-state index contributed by atoms with van der Waals surface area (Å²) >= 11 is 13.4. The lowest BCUT2D eigenvalue weighted by Crippen LogP contribution is -2.12. The molecule has 0 radical (unpaired) electrons. The quantitative estimate of drug-likeness (QED) is 0.798. The van der Waals surface area contributed by atoms with Gasteiger partial charge in [0.15, 0.2) is 11.9 Å². The molecule has 3 rings (SSSR count). The van der Waals surface area contributed by atoms with E-state index in [2.05, 4.69) is 10.2 Å². The summed E-state index contributed by atoms with van der Waals surface area (Å²) in [5, 5.41) is 9.69. The van der Waals surface area contributed by atoms with Crippen molar-refractivity contribution in [1.82, 2.24) is 10.2 Å². The van der Waals surface area contributed by atoms with Crippen LogP contribution < -0.4 is 4.74 Å². The number of ether oxygens (including phenoxy) is 2. The van der Waals surface area contributed by atoms with E-state index in [1.165, 1.54) is 0 Å². The highest BCUT2D eigenvalue weighted by Crippen LogP contribution is 2.35. The highest BCUT2D eigenvalue weighted by Gasteiger charge is 2.16. The zero-order valence-corrected chi connectivity index (χ0v) is 12.6. The van der Waals surface area contributed by atoms with Gasteiger partial charge in [-0.1, -0.05) is 35.0 Å². The van der Waals surface area contributed by atoms with Gasteiger partial charge in [0.1, 0.15) is 10.8 Å². The molecule has 0 fully saturated rings. The zero-order valence-electron chi connectivity index (χ0n) is 10.3. The largest absolute Gasteiger partial charge is 0.467 e. The lowest BCUT2D eigenvalue weighted by molar-refractivity contribution is -0.0168. The molecule has 2 aromatic rings. The van der Waals surface area contributed by atoms with Crippen LogP contribution in [0.15, 0.2) is 29.3 Å². The van der Waals surface area contributed by atoms with E-state index in [0.29, 0.717) is 22.5 Å². The lowest BCUT2D eigenvalue weighted by Gasteiger charge is -2.20. The van der Waals surface area contributed by atoms with Gasteiger partial charge in [-0.25, -0.2) is 0 Å². The Bertz CT molecular complexity index is 623. The maximum absolute atomic E-state index is 6.12. The molecule has 104 valence electrons.